The Morgan fingerprint density at radius 2 is 1.73 bits per heavy atom. The van der Waals surface area contributed by atoms with E-state index >= 15 is 0 Å². The fourth-order valence-corrected chi connectivity index (χ4v) is 3.41. The van der Waals surface area contributed by atoms with Gasteiger partial charge in [0.1, 0.15) is 17.9 Å². The van der Waals surface area contributed by atoms with Crippen LogP contribution in [0.3, 0.4) is 0 Å². The Kier molecular flexibility index (Phi) is 7.12. The number of carboxylic acid groups (broad SMARTS) is 1. The van der Waals surface area contributed by atoms with Crippen LogP contribution >= 0.6 is 0 Å². The maximum Gasteiger partial charge on any atom is 0.326 e. The standard InChI is InChI=1S/C19H25FN2O4/c1-12(23)21-16(11-13-7-9-15(20)10-8-13)18(24)22-17(19(25)26)14-5-3-2-4-6-14/h7-10,14,16-17H,2-6,11H2,1H3,(H,21,23)(H,22,24)(H,25,26)/t16-,17-/m0/s1. The van der Waals surface area contributed by atoms with Crippen molar-refractivity contribution >= 4 is 17.8 Å². The summed E-state index contributed by atoms with van der Waals surface area (Å²) in [5.41, 5.74) is 0.671. The molecule has 0 radical (unpaired) electrons. The first-order chi connectivity index (χ1) is 12.4. The summed E-state index contributed by atoms with van der Waals surface area (Å²) in [5.74, 6) is -2.49. The van der Waals surface area contributed by atoms with Gasteiger partial charge in [0.25, 0.3) is 0 Å². The lowest BCUT2D eigenvalue weighted by molar-refractivity contribution is -0.144. The Morgan fingerprint density at radius 1 is 1.12 bits per heavy atom. The Morgan fingerprint density at radius 3 is 2.27 bits per heavy atom. The van der Waals surface area contributed by atoms with Crippen LogP contribution < -0.4 is 10.6 Å². The molecule has 3 N–H and O–H groups in total. The molecule has 6 nitrogen and oxygen atoms in total. The average molecular weight is 364 g/mol. The smallest absolute Gasteiger partial charge is 0.326 e. The predicted octanol–water partition coefficient (Wildman–Crippen LogP) is 2.02. The van der Waals surface area contributed by atoms with Crippen LogP contribution in [0.25, 0.3) is 0 Å². The van der Waals surface area contributed by atoms with E-state index in [9.17, 15) is 23.9 Å². The second-order valence-corrected chi connectivity index (χ2v) is 6.81. The number of carboxylic acids is 1. The van der Waals surface area contributed by atoms with Crippen molar-refractivity contribution in [3.05, 3.63) is 35.6 Å². The first kappa shape index (κ1) is 19.9. The van der Waals surface area contributed by atoms with Gasteiger partial charge in [-0.25, -0.2) is 9.18 Å². The van der Waals surface area contributed by atoms with Crippen molar-refractivity contribution in [1.82, 2.24) is 10.6 Å². The van der Waals surface area contributed by atoms with Gasteiger partial charge in [-0.15, -0.1) is 0 Å². The van der Waals surface area contributed by atoms with Crippen LogP contribution in [0.5, 0.6) is 0 Å². The molecule has 7 heteroatoms. The molecular formula is C19H25FN2O4. The number of aliphatic carboxylic acids is 1. The molecule has 0 unspecified atom stereocenters. The summed E-state index contributed by atoms with van der Waals surface area (Å²) in [6.45, 7) is 1.29. The summed E-state index contributed by atoms with van der Waals surface area (Å²) in [5, 5.41) is 14.7. The zero-order chi connectivity index (χ0) is 19.1. The highest BCUT2D eigenvalue weighted by Gasteiger charge is 2.32. The van der Waals surface area contributed by atoms with Crippen molar-refractivity contribution in [1.29, 1.82) is 0 Å². The Labute approximate surface area is 152 Å². The fourth-order valence-electron chi connectivity index (χ4n) is 3.41. The highest BCUT2D eigenvalue weighted by molar-refractivity contribution is 5.90. The van der Waals surface area contributed by atoms with Crippen molar-refractivity contribution in [3.63, 3.8) is 0 Å². The minimum Gasteiger partial charge on any atom is -0.480 e. The maximum absolute atomic E-state index is 13.0. The zero-order valence-electron chi connectivity index (χ0n) is 14.8. The number of carbonyl (C=O) groups excluding carboxylic acids is 2. The van der Waals surface area contributed by atoms with E-state index in [4.69, 9.17) is 0 Å². The Balaban J connectivity index is 2.09. The number of hydrogen-bond acceptors (Lipinski definition) is 3. The van der Waals surface area contributed by atoms with Crippen molar-refractivity contribution in [2.24, 2.45) is 5.92 Å². The molecule has 1 aromatic carbocycles. The van der Waals surface area contributed by atoms with Gasteiger partial charge < -0.3 is 15.7 Å². The van der Waals surface area contributed by atoms with Crippen LogP contribution in [-0.4, -0.2) is 35.0 Å². The van der Waals surface area contributed by atoms with Gasteiger partial charge >= 0.3 is 5.97 Å². The van der Waals surface area contributed by atoms with Crippen LogP contribution in [0.2, 0.25) is 0 Å². The SMILES string of the molecule is CC(=O)N[C@@H](Cc1ccc(F)cc1)C(=O)N[C@H](C(=O)O)C1CCCCC1. The van der Waals surface area contributed by atoms with E-state index in [1.54, 1.807) is 0 Å². The summed E-state index contributed by atoms with van der Waals surface area (Å²) >= 11 is 0. The van der Waals surface area contributed by atoms with Gasteiger partial charge in [-0.05, 0) is 36.5 Å². The first-order valence-electron chi connectivity index (χ1n) is 8.91. The van der Waals surface area contributed by atoms with Crippen LogP contribution in [-0.2, 0) is 20.8 Å². The molecular weight excluding hydrogens is 339 g/mol. The largest absolute Gasteiger partial charge is 0.480 e. The predicted molar refractivity (Wildman–Crippen MR) is 93.9 cm³/mol. The Hall–Kier alpha value is -2.44. The van der Waals surface area contributed by atoms with Crippen LogP contribution in [0.4, 0.5) is 4.39 Å². The van der Waals surface area contributed by atoms with Gasteiger partial charge in [0.05, 0.1) is 0 Å². The molecule has 142 valence electrons. The molecule has 1 aliphatic rings. The summed E-state index contributed by atoms with van der Waals surface area (Å²) in [6.07, 6.45) is 4.67. The molecule has 1 aromatic rings. The van der Waals surface area contributed by atoms with Crippen molar-refractivity contribution in [2.75, 3.05) is 0 Å². The van der Waals surface area contributed by atoms with Gasteiger partial charge in [-0.3, -0.25) is 9.59 Å². The van der Waals surface area contributed by atoms with Gasteiger partial charge in [-0.1, -0.05) is 31.4 Å². The second-order valence-electron chi connectivity index (χ2n) is 6.81. The average Bonchev–Trinajstić information content (AvgIpc) is 2.61. The van der Waals surface area contributed by atoms with E-state index in [0.29, 0.717) is 5.56 Å². The summed E-state index contributed by atoms with van der Waals surface area (Å²) < 4.78 is 13.0. The van der Waals surface area contributed by atoms with E-state index in [1.807, 2.05) is 0 Å². The number of nitrogens with one attached hydrogen (secondary N) is 2. The molecule has 2 rings (SSSR count). The third-order valence-corrected chi connectivity index (χ3v) is 4.73. The van der Waals surface area contributed by atoms with Crippen LogP contribution in [0, 0.1) is 11.7 Å². The first-order valence-corrected chi connectivity index (χ1v) is 8.91. The monoisotopic (exact) mass is 364 g/mol. The zero-order valence-corrected chi connectivity index (χ0v) is 14.8. The second kappa shape index (κ2) is 9.31. The van der Waals surface area contributed by atoms with Crippen molar-refractivity contribution in [2.45, 2.75) is 57.5 Å². The summed E-state index contributed by atoms with van der Waals surface area (Å²) in [7, 11) is 0. The quantitative estimate of drug-likeness (QED) is 0.690. The van der Waals surface area contributed by atoms with Gasteiger partial charge in [-0.2, -0.15) is 0 Å². The topological polar surface area (TPSA) is 95.5 Å². The molecule has 0 aliphatic heterocycles. The van der Waals surface area contributed by atoms with Crippen LogP contribution in [0.15, 0.2) is 24.3 Å². The molecule has 2 amide bonds. The maximum atomic E-state index is 13.0. The van der Waals surface area contributed by atoms with Crippen LogP contribution in [0.1, 0.15) is 44.6 Å². The number of amides is 2. The van der Waals surface area contributed by atoms with E-state index < -0.39 is 35.7 Å². The summed E-state index contributed by atoms with van der Waals surface area (Å²) in [6, 6.07) is 3.75. The van der Waals surface area contributed by atoms with E-state index in [0.717, 1.165) is 32.1 Å². The van der Waals surface area contributed by atoms with Gasteiger partial charge in [0.2, 0.25) is 11.8 Å². The molecule has 0 heterocycles. The summed E-state index contributed by atoms with van der Waals surface area (Å²) in [4.78, 5) is 35.7. The fraction of sp³-hybridized carbons (Fsp3) is 0.526. The molecule has 26 heavy (non-hydrogen) atoms. The molecule has 1 saturated carbocycles. The number of carbonyl (C=O) groups is 3. The highest BCUT2D eigenvalue weighted by Crippen LogP contribution is 2.26. The molecule has 1 aliphatic carbocycles. The molecule has 1 fully saturated rings. The third kappa shape index (κ3) is 5.82. The number of hydrogen-bond donors (Lipinski definition) is 3. The lowest BCUT2D eigenvalue weighted by Gasteiger charge is -2.29. The van der Waals surface area contributed by atoms with E-state index in [1.165, 1.54) is 31.2 Å². The lowest BCUT2D eigenvalue weighted by atomic mass is 9.83. The Bertz CT molecular complexity index is 641. The van der Waals surface area contributed by atoms with Gasteiger partial charge in [0.15, 0.2) is 0 Å². The molecule has 0 aromatic heterocycles. The minimum absolute atomic E-state index is 0.103. The molecule has 0 saturated heterocycles. The van der Waals surface area contributed by atoms with Crippen molar-refractivity contribution in [3.8, 4) is 0 Å². The van der Waals surface area contributed by atoms with E-state index in [2.05, 4.69) is 10.6 Å². The normalized spacial score (nSPS) is 17.2. The lowest BCUT2D eigenvalue weighted by Crippen LogP contribution is -2.54. The number of halogens is 1. The molecule has 2 atom stereocenters. The number of rotatable bonds is 7. The van der Waals surface area contributed by atoms with E-state index in [-0.39, 0.29) is 12.3 Å². The minimum atomic E-state index is -1.06. The molecule has 0 bridgehead atoms. The highest BCUT2D eigenvalue weighted by atomic mass is 19.1. The van der Waals surface area contributed by atoms with Crippen molar-refractivity contribution < 1.29 is 23.9 Å². The molecule has 0 spiro atoms. The van der Waals surface area contributed by atoms with Gasteiger partial charge in [0, 0.05) is 13.3 Å². The number of benzene rings is 1. The third-order valence-electron chi connectivity index (χ3n) is 4.73.